The molecular weight excluding hydrogens is 227 g/mol. The molecule has 1 N–H and O–H groups in total. The van der Waals surface area contributed by atoms with Crippen LogP contribution >= 0.6 is 11.8 Å². The van der Waals surface area contributed by atoms with E-state index in [1.54, 1.807) is 6.92 Å². The van der Waals surface area contributed by atoms with Crippen molar-refractivity contribution < 1.29 is 14.3 Å². The second kappa shape index (κ2) is 9.94. The van der Waals surface area contributed by atoms with Gasteiger partial charge in [-0.15, -0.1) is 11.8 Å². The number of hydrogen-bond acceptors (Lipinski definition) is 2. The van der Waals surface area contributed by atoms with Gasteiger partial charge in [-0.2, -0.15) is 0 Å². The number of rotatable bonds is 10. The molecule has 96 valence electrons. The molecule has 0 rings (SSSR count). The minimum atomic E-state index is -0.709. The number of alkyl halides is 1. The van der Waals surface area contributed by atoms with Crippen molar-refractivity contribution in [3.8, 4) is 0 Å². The van der Waals surface area contributed by atoms with Gasteiger partial charge < -0.3 is 5.11 Å². The highest BCUT2D eigenvalue weighted by molar-refractivity contribution is 8.00. The number of carbonyl (C=O) groups is 1. The van der Waals surface area contributed by atoms with Crippen molar-refractivity contribution in [2.75, 3.05) is 5.75 Å². The largest absolute Gasteiger partial charge is 0.480 e. The van der Waals surface area contributed by atoms with Crippen LogP contribution < -0.4 is 0 Å². The zero-order chi connectivity index (χ0) is 12.4. The van der Waals surface area contributed by atoms with Crippen molar-refractivity contribution >= 4 is 17.7 Å². The van der Waals surface area contributed by atoms with Gasteiger partial charge in [0.15, 0.2) is 0 Å². The zero-order valence-electron chi connectivity index (χ0n) is 10.2. The summed E-state index contributed by atoms with van der Waals surface area (Å²) < 4.78 is 12.5. The molecule has 0 spiro atoms. The molecule has 0 aromatic carbocycles. The Balaban J connectivity index is 3.44. The molecule has 0 amide bonds. The summed E-state index contributed by atoms with van der Waals surface area (Å²) in [6.45, 7) is 3.58. The van der Waals surface area contributed by atoms with Crippen molar-refractivity contribution in [3.05, 3.63) is 0 Å². The van der Waals surface area contributed by atoms with Crippen LogP contribution in [0.25, 0.3) is 0 Å². The third-order valence-corrected chi connectivity index (χ3v) is 3.76. The van der Waals surface area contributed by atoms with Crippen molar-refractivity contribution in [2.24, 2.45) is 0 Å². The molecule has 0 fully saturated rings. The number of carboxylic acid groups (broad SMARTS) is 1. The summed E-state index contributed by atoms with van der Waals surface area (Å²) in [5.41, 5.74) is 0. The Morgan fingerprint density at radius 1 is 1.31 bits per heavy atom. The standard InChI is InChI=1S/C12H23FO2S/c1-3-7-11(12(14)15)16-9-6-4-5-8-10(2)13/h10-11H,3-9H2,1-2H3,(H,14,15). The molecule has 0 radical (unpaired) electrons. The molecule has 0 aliphatic rings. The number of aliphatic carboxylic acids is 1. The molecule has 0 aromatic heterocycles. The van der Waals surface area contributed by atoms with Gasteiger partial charge in [0.1, 0.15) is 5.25 Å². The fraction of sp³-hybridized carbons (Fsp3) is 0.917. The molecular formula is C12H23FO2S. The fourth-order valence-electron chi connectivity index (χ4n) is 1.47. The van der Waals surface area contributed by atoms with Gasteiger partial charge in [0, 0.05) is 0 Å². The molecule has 16 heavy (non-hydrogen) atoms. The summed E-state index contributed by atoms with van der Waals surface area (Å²) in [7, 11) is 0. The van der Waals surface area contributed by atoms with Crippen LogP contribution in [-0.2, 0) is 4.79 Å². The summed E-state index contributed by atoms with van der Waals surface area (Å²) in [6, 6.07) is 0. The number of thioether (sulfide) groups is 1. The Labute approximate surface area is 102 Å². The Hall–Kier alpha value is -0.250. The molecule has 0 bridgehead atoms. The van der Waals surface area contributed by atoms with E-state index in [1.807, 2.05) is 6.92 Å². The molecule has 2 atom stereocenters. The van der Waals surface area contributed by atoms with Gasteiger partial charge in [-0.1, -0.05) is 26.2 Å². The summed E-state index contributed by atoms with van der Waals surface area (Å²) in [5, 5.41) is 8.65. The fourth-order valence-corrected chi connectivity index (χ4v) is 2.67. The van der Waals surface area contributed by atoms with Crippen LogP contribution in [0.15, 0.2) is 0 Å². The summed E-state index contributed by atoms with van der Waals surface area (Å²) in [5.74, 6) is 0.168. The Kier molecular flexibility index (Phi) is 9.78. The second-order valence-corrected chi connectivity index (χ2v) is 5.43. The lowest BCUT2D eigenvalue weighted by atomic mass is 10.1. The zero-order valence-corrected chi connectivity index (χ0v) is 11.1. The van der Waals surface area contributed by atoms with Crippen LogP contribution in [0.3, 0.4) is 0 Å². The molecule has 2 unspecified atom stereocenters. The van der Waals surface area contributed by atoms with Crippen LogP contribution in [0.2, 0.25) is 0 Å². The highest BCUT2D eigenvalue weighted by Gasteiger charge is 2.15. The first-order valence-corrected chi connectivity index (χ1v) is 7.11. The van der Waals surface area contributed by atoms with Crippen LogP contribution in [0.5, 0.6) is 0 Å². The van der Waals surface area contributed by atoms with Crippen molar-refractivity contribution in [3.63, 3.8) is 0 Å². The first-order chi connectivity index (χ1) is 7.57. The van der Waals surface area contributed by atoms with Crippen LogP contribution in [0.1, 0.15) is 52.4 Å². The van der Waals surface area contributed by atoms with E-state index in [0.29, 0.717) is 6.42 Å². The van der Waals surface area contributed by atoms with E-state index in [2.05, 4.69) is 0 Å². The molecule has 0 aromatic rings. The van der Waals surface area contributed by atoms with E-state index < -0.39 is 12.1 Å². The highest BCUT2D eigenvalue weighted by atomic mass is 32.2. The number of unbranched alkanes of at least 4 members (excludes halogenated alkanes) is 2. The summed E-state index contributed by atoms with van der Waals surface area (Å²) in [4.78, 5) is 10.8. The molecule has 0 aliphatic heterocycles. The van der Waals surface area contributed by atoms with Gasteiger partial charge >= 0.3 is 5.97 Å². The maximum Gasteiger partial charge on any atom is 0.316 e. The average molecular weight is 250 g/mol. The summed E-state index contributed by atoms with van der Waals surface area (Å²) >= 11 is 1.52. The van der Waals surface area contributed by atoms with Crippen LogP contribution in [-0.4, -0.2) is 28.3 Å². The van der Waals surface area contributed by atoms with Crippen molar-refractivity contribution in [1.82, 2.24) is 0 Å². The number of halogens is 1. The molecule has 0 saturated carbocycles. The monoisotopic (exact) mass is 250 g/mol. The van der Waals surface area contributed by atoms with E-state index in [-0.39, 0.29) is 5.25 Å². The van der Waals surface area contributed by atoms with Gasteiger partial charge in [0.25, 0.3) is 0 Å². The molecule has 2 nitrogen and oxygen atoms in total. The van der Waals surface area contributed by atoms with Gasteiger partial charge in [0.05, 0.1) is 6.17 Å². The topological polar surface area (TPSA) is 37.3 Å². The van der Waals surface area contributed by atoms with E-state index in [4.69, 9.17) is 5.11 Å². The first kappa shape index (κ1) is 15.8. The van der Waals surface area contributed by atoms with Gasteiger partial charge in [0.2, 0.25) is 0 Å². The second-order valence-electron chi connectivity index (χ2n) is 4.12. The Morgan fingerprint density at radius 3 is 2.50 bits per heavy atom. The number of carboxylic acids is 1. The third kappa shape index (κ3) is 9.01. The van der Waals surface area contributed by atoms with Crippen molar-refractivity contribution in [1.29, 1.82) is 0 Å². The predicted molar refractivity (Wildman–Crippen MR) is 67.8 cm³/mol. The minimum Gasteiger partial charge on any atom is -0.480 e. The van der Waals surface area contributed by atoms with Crippen LogP contribution in [0, 0.1) is 0 Å². The van der Waals surface area contributed by atoms with Gasteiger partial charge in [-0.3, -0.25) is 4.79 Å². The average Bonchev–Trinajstić information content (AvgIpc) is 2.20. The molecule has 0 heterocycles. The lowest BCUT2D eigenvalue weighted by Gasteiger charge is -2.10. The molecule has 0 aliphatic carbocycles. The maximum atomic E-state index is 12.5. The first-order valence-electron chi connectivity index (χ1n) is 6.06. The third-order valence-electron chi connectivity index (χ3n) is 2.39. The predicted octanol–water partition coefficient (Wildman–Crippen LogP) is 3.89. The maximum absolute atomic E-state index is 12.5. The van der Waals surface area contributed by atoms with E-state index in [1.165, 1.54) is 11.8 Å². The van der Waals surface area contributed by atoms with Crippen molar-refractivity contribution in [2.45, 2.75) is 63.8 Å². The van der Waals surface area contributed by atoms with E-state index >= 15 is 0 Å². The molecule has 4 heteroatoms. The highest BCUT2D eigenvalue weighted by Crippen LogP contribution is 2.19. The number of hydrogen-bond donors (Lipinski definition) is 1. The smallest absolute Gasteiger partial charge is 0.316 e. The van der Waals surface area contributed by atoms with Gasteiger partial charge in [-0.25, -0.2) is 4.39 Å². The Bertz CT molecular complexity index is 186. The lowest BCUT2D eigenvalue weighted by Crippen LogP contribution is -2.16. The van der Waals surface area contributed by atoms with Gasteiger partial charge in [-0.05, 0) is 31.9 Å². The van der Waals surface area contributed by atoms with E-state index in [0.717, 1.165) is 37.9 Å². The lowest BCUT2D eigenvalue weighted by molar-refractivity contribution is -0.136. The van der Waals surface area contributed by atoms with Crippen LogP contribution in [0.4, 0.5) is 4.39 Å². The normalized spacial score (nSPS) is 14.7. The minimum absolute atomic E-state index is 0.259. The quantitative estimate of drug-likeness (QED) is 0.598. The SMILES string of the molecule is CCCC(SCCCCCC(C)F)C(=O)O. The summed E-state index contributed by atoms with van der Waals surface area (Å²) in [6.07, 6.45) is 4.46. The molecule has 0 saturated heterocycles. The van der Waals surface area contributed by atoms with E-state index in [9.17, 15) is 9.18 Å². The Morgan fingerprint density at radius 2 is 2.00 bits per heavy atom.